The van der Waals surface area contributed by atoms with Crippen molar-refractivity contribution in [3.63, 3.8) is 0 Å². The summed E-state index contributed by atoms with van der Waals surface area (Å²) >= 11 is 1.32. The highest BCUT2D eigenvalue weighted by Gasteiger charge is 2.15. The Balaban J connectivity index is 2.56. The number of carbonyl (C=O) groups is 1. The fourth-order valence-corrected chi connectivity index (χ4v) is 3.32. The maximum atomic E-state index is 11.7. The third kappa shape index (κ3) is 4.53. The first-order chi connectivity index (χ1) is 7.98. The van der Waals surface area contributed by atoms with E-state index in [-0.39, 0.29) is 23.7 Å². The number of hydrogen-bond donors (Lipinski definition) is 1. The lowest BCUT2D eigenvalue weighted by Gasteiger charge is -2.00. The van der Waals surface area contributed by atoms with Crippen LogP contribution in [0.25, 0.3) is 0 Å². The average molecular weight is 276 g/mol. The van der Waals surface area contributed by atoms with Crippen molar-refractivity contribution in [3.8, 4) is 0 Å². The summed E-state index contributed by atoms with van der Waals surface area (Å²) in [5.41, 5.74) is 5.71. The van der Waals surface area contributed by atoms with Crippen molar-refractivity contribution in [2.24, 2.45) is 5.73 Å². The summed E-state index contributed by atoms with van der Waals surface area (Å²) < 4.78 is 22.9. The molecule has 0 aliphatic heterocycles. The molecular formula is C10H16N2O3S2. The van der Waals surface area contributed by atoms with Crippen molar-refractivity contribution in [3.05, 3.63) is 16.1 Å². The van der Waals surface area contributed by atoms with Gasteiger partial charge in [0.15, 0.2) is 15.6 Å². The molecule has 5 nitrogen and oxygen atoms in total. The van der Waals surface area contributed by atoms with E-state index in [0.717, 1.165) is 0 Å². The van der Waals surface area contributed by atoms with Crippen LogP contribution in [0.1, 0.15) is 35.3 Å². The molecule has 1 heterocycles. The van der Waals surface area contributed by atoms with Crippen LogP contribution in [0.2, 0.25) is 0 Å². The van der Waals surface area contributed by atoms with Crippen molar-refractivity contribution >= 4 is 27.0 Å². The molecular weight excluding hydrogens is 260 g/mol. The zero-order valence-electron chi connectivity index (χ0n) is 9.68. The summed E-state index contributed by atoms with van der Waals surface area (Å²) in [5, 5.41) is 2.31. The predicted octanol–water partition coefficient (Wildman–Crippen LogP) is 0.999. The molecule has 0 saturated heterocycles. The Bertz CT molecular complexity index is 479. The summed E-state index contributed by atoms with van der Waals surface area (Å²) in [6.07, 6.45) is 0.570. The van der Waals surface area contributed by atoms with E-state index in [0.29, 0.717) is 23.7 Å². The van der Waals surface area contributed by atoms with Gasteiger partial charge >= 0.3 is 0 Å². The van der Waals surface area contributed by atoms with Gasteiger partial charge in [-0.1, -0.05) is 6.92 Å². The zero-order valence-corrected chi connectivity index (χ0v) is 11.3. The van der Waals surface area contributed by atoms with Crippen LogP contribution in [0, 0.1) is 0 Å². The third-order valence-corrected chi connectivity index (χ3v) is 4.89. The minimum atomic E-state index is -3.10. The van der Waals surface area contributed by atoms with Gasteiger partial charge in [-0.15, -0.1) is 11.3 Å². The SMILES string of the molecule is CCCS(=O)(=O)CCC(=O)c1csc(CN)n1. The lowest BCUT2D eigenvalue weighted by molar-refractivity contribution is 0.0984. The minimum absolute atomic E-state index is 0.00389. The highest BCUT2D eigenvalue weighted by Crippen LogP contribution is 2.11. The highest BCUT2D eigenvalue weighted by molar-refractivity contribution is 7.91. The lowest BCUT2D eigenvalue weighted by Crippen LogP contribution is -2.14. The van der Waals surface area contributed by atoms with Gasteiger partial charge in [-0.3, -0.25) is 4.79 Å². The lowest BCUT2D eigenvalue weighted by atomic mass is 10.2. The number of ketones is 1. The number of sulfone groups is 1. The smallest absolute Gasteiger partial charge is 0.183 e. The quantitative estimate of drug-likeness (QED) is 0.750. The second kappa shape index (κ2) is 6.23. The molecule has 2 N–H and O–H groups in total. The van der Waals surface area contributed by atoms with E-state index >= 15 is 0 Å². The van der Waals surface area contributed by atoms with E-state index in [9.17, 15) is 13.2 Å². The van der Waals surface area contributed by atoms with E-state index in [2.05, 4.69) is 4.98 Å². The summed E-state index contributed by atoms with van der Waals surface area (Å²) in [6.45, 7) is 2.10. The molecule has 96 valence electrons. The van der Waals surface area contributed by atoms with Crippen LogP contribution >= 0.6 is 11.3 Å². The van der Waals surface area contributed by atoms with Gasteiger partial charge in [0.05, 0.1) is 5.75 Å². The highest BCUT2D eigenvalue weighted by atomic mass is 32.2. The number of rotatable bonds is 7. The van der Waals surface area contributed by atoms with Crippen LogP contribution in [0.5, 0.6) is 0 Å². The van der Waals surface area contributed by atoms with Gasteiger partial charge in [0, 0.05) is 24.1 Å². The molecule has 7 heteroatoms. The molecule has 1 aromatic heterocycles. The number of Topliss-reactive ketones (excluding diaryl/α,β-unsaturated/α-hetero) is 1. The van der Waals surface area contributed by atoms with Gasteiger partial charge in [-0.05, 0) is 6.42 Å². The van der Waals surface area contributed by atoms with Gasteiger partial charge in [0.1, 0.15) is 10.7 Å². The first-order valence-electron chi connectivity index (χ1n) is 5.36. The molecule has 0 aliphatic rings. The summed E-state index contributed by atoms with van der Waals surface area (Å²) in [7, 11) is -3.10. The van der Waals surface area contributed by atoms with Crippen LogP contribution < -0.4 is 5.73 Å². The standard InChI is InChI=1S/C10H16N2O3S2/c1-2-4-17(14,15)5-3-9(13)8-7-16-10(6-11)12-8/h7H,2-6,11H2,1H3. The van der Waals surface area contributed by atoms with Crippen LogP contribution in [-0.4, -0.2) is 30.7 Å². The zero-order chi connectivity index (χ0) is 12.9. The predicted molar refractivity (Wildman–Crippen MR) is 67.9 cm³/mol. The van der Waals surface area contributed by atoms with Crippen LogP contribution in [0.15, 0.2) is 5.38 Å². The maximum Gasteiger partial charge on any atom is 0.183 e. The maximum absolute atomic E-state index is 11.7. The monoisotopic (exact) mass is 276 g/mol. The number of nitrogens with zero attached hydrogens (tertiary/aromatic N) is 1. The number of aromatic nitrogens is 1. The molecule has 0 aliphatic carbocycles. The fourth-order valence-electron chi connectivity index (χ4n) is 1.32. The number of thiazole rings is 1. The molecule has 0 amide bonds. The average Bonchev–Trinajstić information content (AvgIpc) is 2.74. The molecule has 1 aromatic rings. The molecule has 0 spiro atoms. The van der Waals surface area contributed by atoms with Gasteiger partial charge in [0.2, 0.25) is 0 Å². The molecule has 0 radical (unpaired) electrons. The van der Waals surface area contributed by atoms with Crippen LogP contribution in [0.3, 0.4) is 0 Å². The summed E-state index contributed by atoms with van der Waals surface area (Å²) in [6, 6.07) is 0. The normalized spacial score (nSPS) is 11.6. The van der Waals surface area contributed by atoms with Crippen molar-refractivity contribution in [1.29, 1.82) is 0 Å². The van der Waals surface area contributed by atoms with Gasteiger partial charge in [0.25, 0.3) is 0 Å². The molecule has 1 rings (SSSR count). The molecule has 0 fully saturated rings. The molecule has 0 atom stereocenters. The van der Waals surface area contributed by atoms with Gasteiger partial charge < -0.3 is 5.73 Å². The Morgan fingerprint density at radius 1 is 1.47 bits per heavy atom. The van der Waals surface area contributed by atoms with Crippen molar-refractivity contribution < 1.29 is 13.2 Å². The summed E-state index contributed by atoms with van der Waals surface area (Å²) in [4.78, 5) is 15.7. The van der Waals surface area contributed by atoms with Crippen LogP contribution in [0.4, 0.5) is 0 Å². The van der Waals surface area contributed by atoms with E-state index in [1.54, 1.807) is 12.3 Å². The van der Waals surface area contributed by atoms with E-state index in [1.807, 2.05) is 0 Å². The first-order valence-corrected chi connectivity index (χ1v) is 8.06. The Morgan fingerprint density at radius 2 is 2.18 bits per heavy atom. The Morgan fingerprint density at radius 3 is 2.71 bits per heavy atom. The van der Waals surface area contributed by atoms with Gasteiger partial charge in [-0.2, -0.15) is 0 Å². The van der Waals surface area contributed by atoms with Crippen molar-refractivity contribution in [2.75, 3.05) is 11.5 Å². The molecule has 0 unspecified atom stereocenters. The molecule has 0 aromatic carbocycles. The van der Waals surface area contributed by atoms with Crippen LogP contribution in [-0.2, 0) is 16.4 Å². The second-order valence-corrected chi connectivity index (χ2v) is 6.90. The van der Waals surface area contributed by atoms with E-state index in [4.69, 9.17) is 5.73 Å². The minimum Gasteiger partial charge on any atom is -0.325 e. The Hall–Kier alpha value is -0.790. The summed E-state index contributed by atoms with van der Waals surface area (Å²) in [5.74, 6) is -0.207. The van der Waals surface area contributed by atoms with Gasteiger partial charge in [-0.25, -0.2) is 13.4 Å². The van der Waals surface area contributed by atoms with Crippen molar-refractivity contribution in [1.82, 2.24) is 4.98 Å². The molecule has 0 saturated carbocycles. The van der Waals surface area contributed by atoms with E-state index in [1.165, 1.54) is 11.3 Å². The Labute approximate surface area is 105 Å². The number of hydrogen-bond acceptors (Lipinski definition) is 6. The largest absolute Gasteiger partial charge is 0.325 e. The topological polar surface area (TPSA) is 90.1 Å². The van der Waals surface area contributed by atoms with Crippen molar-refractivity contribution in [2.45, 2.75) is 26.3 Å². The number of carbonyl (C=O) groups excluding carboxylic acids is 1. The molecule has 0 bridgehead atoms. The first kappa shape index (κ1) is 14.3. The second-order valence-electron chi connectivity index (χ2n) is 3.66. The Kier molecular flexibility index (Phi) is 5.23. The number of nitrogens with two attached hydrogens (primary N) is 1. The fraction of sp³-hybridized carbons (Fsp3) is 0.600. The third-order valence-electron chi connectivity index (χ3n) is 2.17. The molecule has 17 heavy (non-hydrogen) atoms. The van der Waals surface area contributed by atoms with E-state index < -0.39 is 9.84 Å².